The number of nitrogens with one attached hydrogen (secondary N) is 2. The average molecular weight is 293 g/mol. The third-order valence-electron chi connectivity index (χ3n) is 2.10. The standard InChI is InChI=1S/C10H14F3N5O2/c11-10(12,13)6-3-8(17-9(4-6)18-15)16-1-2-20-5-7(14)19/h3-4H,1-2,5,15H2,(H2,14,19)(H2,16,17,18). The molecule has 1 aromatic rings. The maximum Gasteiger partial charge on any atom is 0.416 e. The minimum atomic E-state index is -4.51. The molecule has 20 heavy (non-hydrogen) atoms. The fourth-order valence-electron chi connectivity index (χ4n) is 1.28. The molecule has 112 valence electrons. The zero-order valence-corrected chi connectivity index (χ0v) is 10.3. The first kappa shape index (κ1) is 16.0. The average Bonchev–Trinajstić information content (AvgIpc) is 2.36. The van der Waals surface area contributed by atoms with Gasteiger partial charge in [-0.1, -0.05) is 0 Å². The van der Waals surface area contributed by atoms with Gasteiger partial charge in [-0.3, -0.25) is 4.79 Å². The molecule has 0 spiro atoms. The first-order chi connectivity index (χ1) is 9.32. The van der Waals surface area contributed by atoms with Crippen LogP contribution in [0.4, 0.5) is 24.8 Å². The highest BCUT2D eigenvalue weighted by Crippen LogP contribution is 2.31. The van der Waals surface area contributed by atoms with Crippen LogP contribution in [-0.4, -0.2) is 30.6 Å². The van der Waals surface area contributed by atoms with Crippen molar-refractivity contribution in [3.8, 4) is 0 Å². The Morgan fingerprint density at radius 2 is 2.00 bits per heavy atom. The van der Waals surface area contributed by atoms with E-state index in [2.05, 4.69) is 15.7 Å². The highest BCUT2D eigenvalue weighted by Gasteiger charge is 2.31. The van der Waals surface area contributed by atoms with E-state index in [0.717, 1.165) is 12.1 Å². The number of anilines is 2. The van der Waals surface area contributed by atoms with E-state index in [-0.39, 0.29) is 31.4 Å². The predicted octanol–water partition coefficient (Wildman–Crippen LogP) is 0.300. The summed E-state index contributed by atoms with van der Waals surface area (Å²) in [6, 6.07) is 1.63. The molecule has 0 aliphatic rings. The lowest BCUT2D eigenvalue weighted by molar-refractivity contribution is -0.137. The Balaban J connectivity index is 2.63. The van der Waals surface area contributed by atoms with Crippen LogP contribution in [0, 0.1) is 0 Å². The molecule has 0 aliphatic heterocycles. The molecule has 1 aromatic heterocycles. The van der Waals surface area contributed by atoms with Crippen LogP contribution >= 0.6 is 0 Å². The number of nitrogens with two attached hydrogens (primary N) is 2. The van der Waals surface area contributed by atoms with Gasteiger partial charge >= 0.3 is 6.18 Å². The molecule has 10 heteroatoms. The quantitative estimate of drug-likeness (QED) is 0.326. The third-order valence-corrected chi connectivity index (χ3v) is 2.10. The van der Waals surface area contributed by atoms with Crippen molar-refractivity contribution in [2.24, 2.45) is 11.6 Å². The summed E-state index contributed by atoms with van der Waals surface area (Å²) >= 11 is 0. The monoisotopic (exact) mass is 293 g/mol. The van der Waals surface area contributed by atoms with Crippen molar-refractivity contribution in [3.63, 3.8) is 0 Å². The maximum absolute atomic E-state index is 12.6. The number of hydrazine groups is 1. The number of pyridine rings is 1. The van der Waals surface area contributed by atoms with Gasteiger partial charge in [0, 0.05) is 6.54 Å². The lowest BCUT2D eigenvalue weighted by atomic mass is 10.2. The van der Waals surface area contributed by atoms with Crippen LogP contribution < -0.4 is 22.3 Å². The summed E-state index contributed by atoms with van der Waals surface area (Å²) in [6.45, 7) is -0.00877. The Morgan fingerprint density at radius 1 is 1.35 bits per heavy atom. The Labute approximate surface area is 112 Å². The number of ether oxygens (including phenoxy) is 1. The van der Waals surface area contributed by atoms with Crippen molar-refractivity contribution in [1.29, 1.82) is 0 Å². The smallest absolute Gasteiger partial charge is 0.370 e. The lowest BCUT2D eigenvalue weighted by Gasteiger charge is -2.12. The number of rotatable bonds is 7. The van der Waals surface area contributed by atoms with E-state index in [0.29, 0.717) is 0 Å². The summed E-state index contributed by atoms with van der Waals surface area (Å²) in [5.41, 5.74) is 6.01. The fraction of sp³-hybridized carbons (Fsp3) is 0.400. The second-order valence-corrected chi connectivity index (χ2v) is 3.71. The van der Waals surface area contributed by atoms with Gasteiger partial charge in [0.05, 0.1) is 12.2 Å². The zero-order valence-electron chi connectivity index (χ0n) is 10.3. The van der Waals surface area contributed by atoms with E-state index in [1.165, 1.54) is 0 Å². The number of hydrogen-bond donors (Lipinski definition) is 4. The number of alkyl halides is 3. The summed E-state index contributed by atoms with van der Waals surface area (Å²) in [7, 11) is 0. The molecule has 0 unspecified atom stereocenters. The van der Waals surface area contributed by atoms with Gasteiger partial charge in [0.25, 0.3) is 0 Å². The summed E-state index contributed by atoms with van der Waals surface area (Å²) < 4.78 is 42.7. The summed E-state index contributed by atoms with van der Waals surface area (Å²) in [4.78, 5) is 14.2. The molecular formula is C10H14F3N5O2. The van der Waals surface area contributed by atoms with Crippen LogP contribution in [-0.2, 0) is 15.7 Å². The van der Waals surface area contributed by atoms with Crippen LogP contribution in [0.5, 0.6) is 0 Å². The van der Waals surface area contributed by atoms with Gasteiger partial charge in [0.1, 0.15) is 18.2 Å². The molecule has 0 bridgehead atoms. The molecular weight excluding hydrogens is 279 g/mol. The number of carbonyl (C=O) groups excluding carboxylic acids is 1. The molecule has 0 fully saturated rings. The topological polar surface area (TPSA) is 115 Å². The Morgan fingerprint density at radius 3 is 2.55 bits per heavy atom. The molecule has 6 N–H and O–H groups in total. The van der Waals surface area contributed by atoms with Crippen LogP contribution in [0.25, 0.3) is 0 Å². The number of aromatic nitrogens is 1. The van der Waals surface area contributed by atoms with E-state index in [1.807, 2.05) is 0 Å². The highest BCUT2D eigenvalue weighted by atomic mass is 19.4. The fourth-order valence-corrected chi connectivity index (χ4v) is 1.28. The summed E-state index contributed by atoms with van der Waals surface area (Å²) in [5, 5.41) is 2.62. The largest absolute Gasteiger partial charge is 0.416 e. The molecule has 1 heterocycles. The number of amides is 1. The van der Waals surface area contributed by atoms with Crippen LogP contribution in [0.15, 0.2) is 12.1 Å². The van der Waals surface area contributed by atoms with Gasteiger partial charge < -0.3 is 21.2 Å². The van der Waals surface area contributed by atoms with Crippen molar-refractivity contribution >= 4 is 17.5 Å². The van der Waals surface area contributed by atoms with E-state index < -0.39 is 17.6 Å². The number of nitrogens with zero attached hydrogens (tertiary/aromatic N) is 1. The Kier molecular flexibility index (Phi) is 5.53. The molecule has 1 amide bonds. The van der Waals surface area contributed by atoms with Gasteiger partial charge in [-0.2, -0.15) is 13.2 Å². The van der Waals surface area contributed by atoms with Crippen molar-refractivity contribution in [3.05, 3.63) is 17.7 Å². The van der Waals surface area contributed by atoms with E-state index >= 15 is 0 Å². The molecule has 0 radical (unpaired) electrons. The van der Waals surface area contributed by atoms with Crippen molar-refractivity contribution < 1.29 is 22.7 Å². The normalized spacial score (nSPS) is 11.2. The molecule has 1 rings (SSSR count). The van der Waals surface area contributed by atoms with E-state index in [1.54, 1.807) is 0 Å². The SMILES string of the molecule is NNc1cc(C(F)(F)F)cc(NCCOCC(N)=O)n1. The molecule has 0 aromatic carbocycles. The van der Waals surface area contributed by atoms with Crippen molar-refractivity contribution in [1.82, 2.24) is 4.98 Å². The van der Waals surface area contributed by atoms with E-state index in [4.69, 9.17) is 16.3 Å². The maximum atomic E-state index is 12.6. The number of primary amides is 1. The molecule has 0 saturated carbocycles. The van der Waals surface area contributed by atoms with E-state index in [9.17, 15) is 18.0 Å². The summed E-state index contributed by atoms with van der Waals surface area (Å²) in [6.07, 6.45) is -4.51. The van der Waals surface area contributed by atoms with Gasteiger partial charge in [0.2, 0.25) is 5.91 Å². The zero-order chi connectivity index (χ0) is 15.2. The number of nitrogen functional groups attached to an aromatic ring is 1. The highest BCUT2D eigenvalue weighted by molar-refractivity contribution is 5.74. The number of carbonyl (C=O) groups is 1. The van der Waals surface area contributed by atoms with Gasteiger partial charge in [-0.25, -0.2) is 10.8 Å². The second kappa shape index (κ2) is 6.91. The second-order valence-electron chi connectivity index (χ2n) is 3.71. The Bertz CT molecular complexity index is 467. The number of hydrogen-bond acceptors (Lipinski definition) is 6. The number of halogens is 3. The van der Waals surface area contributed by atoms with Gasteiger partial charge in [-0.05, 0) is 12.1 Å². The first-order valence-corrected chi connectivity index (χ1v) is 5.48. The molecule has 0 saturated heterocycles. The van der Waals surface area contributed by atoms with Crippen LogP contribution in [0.3, 0.4) is 0 Å². The third kappa shape index (κ3) is 5.28. The van der Waals surface area contributed by atoms with Crippen LogP contribution in [0.1, 0.15) is 5.56 Å². The lowest BCUT2D eigenvalue weighted by Crippen LogP contribution is -2.21. The Hall–Kier alpha value is -2.07. The van der Waals surface area contributed by atoms with Crippen molar-refractivity contribution in [2.45, 2.75) is 6.18 Å². The van der Waals surface area contributed by atoms with Crippen molar-refractivity contribution in [2.75, 3.05) is 30.5 Å². The minimum absolute atomic E-state index is 0.0181. The van der Waals surface area contributed by atoms with Gasteiger partial charge in [0.15, 0.2) is 0 Å². The predicted molar refractivity (Wildman–Crippen MR) is 65.6 cm³/mol. The van der Waals surface area contributed by atoms with Crippen LogP contribution in [0.2, 0.25) is 0 Å². The summed E-state index contributed by atoms with van der Waals surface area (Å²) in [5.74, 6) is 4.29. The molecule has 0 aliphatic carbocycles. The minimum Gasteiger partial charge on any atom is -0.370 e. The van der Waals surface area contributed by atoms with Gasteiger partial charge in [-0.15, -0.1) is 0 Å². The molecule has 0 atom stereocenters. The first-order valence-electron chi connectivity index (χ1n) is 5.48. The molecule has 7 nitrogen and oxygen atoms in total.